The highest BCUT2D eigenvalue weighted by atomic mass is 15.3. The van der Waals surface area contributed by atoms with Gasteiger partial charge in [-0.05, 0) is 50.0 Å². The predicted octanol–water partition coefficient (Wildman–Crippen LogP) is 3.74. The molecule has 114 valence electrons. The Morgan fingerprint density at radius 2 is 1.95 bits per heavy atom. The summed E-state index contributed by atoms with van der Waals surface area (Å²) in [5.41, 5.74) is 1.99. The minimum atomic E-state index is 0.496. The quantitative estimate of drug-likeness (QED) is 0.906. The van der Waals surface area contributed by atoms with Crippen molar-refractivity contribution < 1.29 is 0 Å². The van der Waals surface area contributed by atoms with E-state index in [2.05, 4.69) is 47.5 Å². The molecule has 0 aromatic heterocycles. The zero-order valence-electron chi connectivity index (χ0n) is 13.2. The van der Waals surface area contributed by atoms with E-state index in [-0.39, 0.29) is 0 Å². The topological polar surface area (TPSA) is 15.3 Å². The molecule has 1 aliphatic heterocycles. The zero-order valence-corrected chi connectivity index (χ0v) is 13.2. The van der Waals surface area contributed by atoms with Gasteiger partial charge in [-0.2, -0.15) is 0 Å². The molecule has 2 saturated carbocycles. The maximum absolute atomic E-state index is 3.86. The first-order valence-electron chi connectivity index (χ1n) is 8.87. The van der Waals surface area contributed by atoms with Crippen molar-refractivity contribution in [1.82, 2.24) is 10.2 Å². The summed E-state index contributed by atoms with van der Waals surface area (Å²) in [6.45, 7) is 4.79. The summed E-state index contributed by atoms with van der Waals surface area (Å²) in [6, 6.07) is 12.5. The number of hydrogen-bond donors (Lipinski definition) is 1. The van der Waals surface area contributed by atoms with E-state index in [4.69, 9.17) is 0 Å². The fourth-order valence-corrected chi connectivity index (χ4v) is 4.52. The monoisotopic (exact) mass is 284 g/mol. The van der Waals surface area contributed by atoms with Gasteiger partial charge in [-0.15, -0.1) is 0 Å². The molecular weight excluding hydrogens is 256 g/mol. The second-order valence-electron chi connectivity index (χ2n) is 7.36. The van der Waals surface area contributed by atoms with E-state index < -0.39 is 0 Å². The van der Waals surface area contributed by atoms with Crippen LogP contribution in [0, 0.1) is 5.92 Å². The Balaban J connectivity index is 1.61. The van der Waals surface area contributed by atoms with Gasteiger partial charge in [0, 0.05) is 30.7 Å². The van der Waals surface area contributed by atoms with Crippen molar-refractivity contribution in [2.45, 2.75) is 63.1 Å². The van der Waals surface area contributed by atoms with Crippen LogP contribution in [0.3, 0.4) is 0 Å². The van der Waals surface area contributed by atoms with Crippen LogP contribution in [-0.2, 0) is 0 Å². The summed E-state index contributed by atoms with van der Waals surface area (Å²) in [5.74, 6) is 0.957. The average molecular weight is 284 g/mol. The molecule has 3 fully saturated rings. The van der Waals surface area contributed by atoms with Crippen molar-refractivity contribution in [3.63, 3.8) is 0 Å². The lowest BCUT2D eigenvalue weighted by molar-refractivity contribution is -0.0469. The molecule has 2 aliphatic carbocycles. The fraction of sp³-hybridized carbons (Fsp3) is 0.684. The molecule has 2 heteroatoms. The van der Waals surface area contributed by atoms with E-state index in [9.17, 15) is 0 Å². The molecule has 1 heterocycles. The van der Waals surface area contributed by atoms with Gasteiger partial charge < -0.3 is 5.32 Å². The van der Waals surface area contributed by atoms with Gasteiger partial charge in [-0.1, -0.05) is 37.3 Å². The fourth-order valence-electron chi connectivity index (χ4n) is 4.52. The van der Waals surface area contributed by atoms with Crippen LogP contribution in [-0.4, -0.2) is 29.6 Å². The smallest absolute Gasteiger partial charge is 0.0478 e. The third-order valence-electron chi connectivity index (χ3n) is 6.27. The Bertz CT molecular complexity index is 470. The highest BCUT2D eigenvalue weighted by Gasteiger charge is 2.48. The minimum Gasteiger partial charge on any atom is -0.311 e. The second-order valence-corrected chi connectivity index (χ2v) is 7.36. The van der Waals surface area contributed by atoms with E-state index in [1.54, 1.807) is 0 Å². The largest absolute Gasteiger partial charge is 0.311 e. The predicted molar refractivity (Wildman–Crippen MR) is 87.3 cm³/mol. The van der Waals surface area contributed by atoms with Crippen molar-refractivity contribution in [3.8, 4) is 0 Å². The molecule has 1 aromatic rings. The van der Waals surface area contributed by atoms with E-state index in [1.807, 2.05) is 0 Å². The molecular formula is C19H28N2. The molecule has 0 radical (unpaired) electrons. The van der Waals surface area contributed by atoms with E-state index in [0.29, 0.717) is 11.6 Å². The molecule has 0 amide bonds. The summed E-state index contributed by atoms with van der Waals surface area (Å²) in [5, 5.41) is 3.86. The third-order valence-corrected chi connectivity index (χ3v) is 6.27. The number of hydrogen-bond acceptors (Lipinski definition) is 2. The first-order chi connectivity index (χ1) is 10.3. The highest BCUT2D eigenvalue weighted by Crippen LogP contribution is 2.47. The Morgan fingerprint density at radius 1 is 1.19 bits per heavy atom. The number of benzene rings is 1. The van der Waals surface area contributed by atoms with Gasteiger partial charge in [-0.25, -0.2) is 0 Å². The molecule has 1 aromatic carbocycles. The first kappa shape index (κ1) is 13.8. The second kappa shape index (κ2) is 5.40. The van der Waals surface area contributed by atoms with E-state index in [0.717, 1.165) is 18.5 Å². The standard InChI is InChI=1S/C19H28N2/c1-2-19(11-6-12-19)21-14-17(15-9-10-15)20-13-18(21)16-7-4-3-5-8-16/h3-5,7-8,15,17-18,20H,2,6,9-14H2,1H3. The molecule has 2 nitrogen and oxygen atoms in total. The summed E-state index contributed by atoms with van der Waals surface area (Å²) >= 11 is 0. The van der Waals surface area contributed by atoms with Gasteiger partial charge in [0.25, 0.3) is 0 Å². The Hall–Kier alpha value is -0.860. The van der Waals surface area contributed by atoms with Crippen molar-refractivity contribution in [1.29, 1.82) is 0 Å². The molecule has 2 unspecified atom stereocenters. The van der Waals surface area contributed by atoms with Crippen molar-refractivity contribution in [2.24, 2.45) is 5.92 Å². The lowest BCUT2D eigenvalue weighted by atomic mass is 9.71. The third kappa shape index (κ3) is 2.43. The maximum Gasteiger partial charge on any atom is 0.0478 e. The van der Waals surface area contributed by atoms with Gasteiger partial charge in [0.15, 0.2) is 0 Å². The summed E-state index contributed by atoms with van der Waals surface area (Å²) in [7, 11) is 0. The van der Waals surface area contributed by atoms with Crippen LogP contribution < -0.4 is 5.32 Å². The number of nitrogens with zero attached hydrogens (tertiary/aromatic N) is 1. The number of piperazine rings is 1. The summed E-state index contributed by atoms with van der Waals surface area (Å²) < 4.78 is 0. The van der Waals surface area contributed by atoms with Gasteiger partial charge in [0.1, 0.15) is 0 Å². The van der Waals surface area contributed by atoms with Crippen LogP contribution in [0.25, 0.3) is 0 Å². The Labute approximate surface area is 128 Å². The van der Waals surface area contributed by atoms with E-state index in [1.165, 1.54) is 50.6 Å². The molecule has 0 bridgehead atoms. The van der Waals surface area contributed by atoms with Crippen LogP contribution in [0.15, 0.2) is 30.3 Å². The van der Waals surface area contributed by atoms with Crippen LogP contribution in [0.5, 0.6) is 0 Å². The molecule has 2 atom stereocenters. The summed E-state index contributed by atoms with van der Waals surface area (Å²) in [6.07, 6.45) is 8.44. The minimum absolute atomic E-state index is 0.496. The Kier molecular flexibility index (Phi) is 3.55. The highest BCUT2D eigenvalue weighted by molar-refractivity contribution is 5.22. The van der Waals surface area contributed by atoms with Gasteiger partial charge >= 0.3 is 0 Å². The van der Waals surface area contributed by atoms with Crippen LogP contribution >= 0.6 is 0 Å². The van der Waals surface area contributed by atoms with Crippen molar-refractivity contribution in [2.75, 3.05) is 13.1 Å². The molecule has 1 N–H and O–H groups in total. The van der Waals surface area contributed by atoms with Crippen molar-refractivity contribution in [3.05, 3.63) is 35.9 Å². The SMILES string of the molecule is CCC1(N2CC(C3CC3)NCC2c2ccccc2)CCC1. The zero-order chi connectivity index (χ0) is 14.3. The average Bonchev–Trinajstić information content (AvgIpc) is 3.32. The Morgan fingerprint density at radius 3 is 2.52 bits per heavy atom. The van der Waals surface area contributed by atoms with Gasteiger partial charge in [-0.3, -0.25) is 4.90 Å². The molecule has 1 saturated heterocycles. The number of rotatable bonds is 4. The van der Waals surface area contributed by atoms with Gasteiger partial charge in [0.2, 0.25) is 0 Å². The van der Waals surface area contributed by atoms with Crippen LogP contribution in [0.4, 0.5) is 0 Å². The lowest BCUT2D eigenvalue weighted by Crippen LogP contribution is -2.63. The van der Waals surface area contributed by atoms with Crippen LogP contribution in [0.1, 0.15) is 57.1 Å². The first-order valence-corrected chi connectivity index (χ1v) is 8.87. The van der Waals surface area contributed by atoms with Crippen molar-refractivity contribution >= 4 is 0 Å². The maximum atomic E-state index is 3.86. The van der Waals surface area contributed by atoms with Crippen LogP contribution in [0.2, 0.25) is 0 Å². The molecule has 21 heavy (non-hydrogen) atoms. The van der Waals surface area contributed by atoms with Gasteiger partial charge in [0.05, 0.1) is 0 Å². The summed E-state index contributed by atoms with van der Waals surface area (Å²) in [4.78, 5) is 2.89. The lowest BCUT2D eigenvalue weighted by Gasteiger charge is -2.56. The molecule has 3 aliphatic rings. The number of nitrogens with one attached hydrogen (secondary N) is 1. The van der Waals surface area contributed by atoms with E-state index >= 15 is 0 Å². The molecule has 4 rings (SSSR count). The molecule has 0 spiro atoms. The normalized spacial score (nSPS) is 32.6.